The van der Waals surface area contributed by atoms with Gasteiger partial charge in [0.15, 0.2) is 0 Å². The van der Waals surface area contributed by atoms with Crippen LogP contribution >= 0.6 is 0 Å². The first kappa shape index (κ1) is 10.0. The van der Waals surface area contributed by atoms with E-state index in [2.05, 4.69) is 48.3 Å². The molecule has 0 atom stereocenters. The Bertz CT molecular complexity index is 657. The Morgan fingerprint density at radius 1 is 0.882 bits per heavy atom. The van der Waals surface area contributed by atoms with E-state index in [9.17, 15) is 0 Å². The lowest BCUT2D eigenvalue weighted by molar-refractivity contribution is 1.32. The van der Waals surface area contributed by atoms with E-state index >= 15 is 0 Å². The highest BCUT2D eigenvalue weighted by Crippen LogP contribution is 2.25. The molecule has 3 aromatic rings. The third kappa shape index (κ3) is 1.80. The molecular formula is C16H13N. The summed E-state index contributed by atoms with van der Waals surface area (Å²) in [5, 5.41) is 2.58. The average molecular weight is 219 g/mol. The van der Waals surface area contributed by atoms with Crippen molar-refractivity contribution >= 4 is 10.8 Å². The predicted molar refractivity (Wildman–Crippen MR) is 71.9 cm³/mol. The summed E-state index contributed by atoms with van der Waals surface area (Å²) in [5.74, 6) is 0. The number of aromatic nitrogens is 1. The minimum Gasteiger partial charge on any atom is -0.256 e. The average Bonchev–Trinajstić information content (AvgIpc) is 2.40. The lowest BCUT2D eigenvalue weighted by Gasteiger charge is -2.06. The van der Waals surface area contributed by atoms with Gasteiger partial charge in [-0.25, -0.2) is 0 Å². The van der Waals surface area contributed by atoms with E-state index < -0.39 is 0 Å². The van der Waals surface area contributed by atoms with Gasteiger partial charge in [-0.15, -0.1) is 0 Å². The number of nitrogens with zero attached hydrogens (tertiary/aromatic N) is 1. The molecule has 0 saturated heterocycles. The molecule has 0 aliphatic carbocycles. The molecular weight excluding hydrogens is 206 g/mol. The first-order chi connectivity index (χ1) is 8.34. The van der Waals surface area contributed by atoms with Crippen LogP contribution in [0.25, 0.3) is 22.0 Å². The fraction of sp³-hybridized carbons (Fsp3) is 0.0625. The van der Waals surface area contributed by atoms with Crippen molar-refractivity contribution in [1.82, 2.24) is 4.98 Å². The van der Waals surface area contributed by atoms with Crippen LogP contribution in [0.3, 0.4) is 0 Å². The maximum absolute atomic E-state index is 4.40. The molecule has 0 aliphatic heterocycles. The first-order valence-corrected chi connectivity index (χ1v) is 5.75. The zero-order valence-electron chi connectivity index (χ0n) is 9.72. The van der Waals surface area contributed by atoms with Crippen LogP contribution in [0.4, 0.5) is 0 Å². The van der Waals surface area contributed by atoms with Crippen molar-refractivity contribution in [3.8, 4) is 11.3 Å². The third-order valence-electron chi connectivity index (χ3n) is 3.03. The summed E-state index contributed by atoms with van der Waals surface area (Å²) in [6.45, 7) is 2.15. The quantitative estimate of drug-likeness (QED) is 0.597. The number of benzene rings is 2. The molecule has 0 fully saturated rings. The molecule has 1 nitrogen and oxygen atoms in total. The van der Waals surface area contributed by atoms with Crippen molar-refractivity contribution in [1.29, 1.82) is 0 Å². The Balaban J connectivity index is 2.26. The lowest BCUT2D eigenvalue weighted by atomic mass is 10.00. The second-order valence-electron chi connectivity index (χ2n) is 4.23. The van der Waals surface area contributed by atoms with Gasteiger partial charge in [0.2, 0.25) is 0 Å². The third-order valence-corrected chi connectivity index (χ3v) is 3.03. The smallest absolute Gasteiger partial charge is 0.0702 e. The van der Waals surface area contributed by atoms with Crippen molar-refractivity contribution in [2.75, 3.05) is 0 Å². The Morgan fingerprint density at radius 2 is 1.71 bits per heavy atom. The highest BCUT2D eigenvalue weighted by Gasteiger charge is 2.02. The Hall–Kier alpha value is -2.15. The van der Waals surface area contributed by atoms with E-state index in [1.54, 1.807) is 0 Å². The zero-order valence-corrected chi connectivity index (χ0v) is 9.72. The van der Waals surface area contributed by atoms with E-state index in [0.29, 0.717) is 0 Å². The Labute approximate surface area is 101 Å². The predicted octanol–water partition coefficient (Wildman–Crippen LogP) is 4.21. The summed E-state index contributed by atoms with van der Waals surface area (Å²) in [6.07, 6.45) is 1.83. The van der Waals surface area contributed by atoms with Crippen molar-refractivity contribution < 1.29 is 0 Å². The van der Waals surface area contributed by atoms with Crippen molar-refractivity contribution in [3.05, 3.63) is 66.4 Å². The summed E-state index contributed by atoms with van der Waals surface area (Å²) < 4.78 is 0. The van der Waals surface area contributed by atoms with E-state index in [1.807, 2.05) is 24.4 Å². The molecule has 0 N–H and O–H groups in total. The van der Waals surface area contributed by atoms with E-state index in [0.717, 1.165) is 5.69 Å². The minimum absolute atomic E-state index is 1.03. The van der Waals surface area contributed by atoms with Crippen molar-refractivity contribution in [2.45, 2.75) is 6.92 Å². The van der Waals surface area contributed by atoms with Crippen molar-refractivity contribution in [2.24, 2.45) is 0 Å². The zero-order chi connectivity index (χ0) is 11.7. The van der Waals surface area contributed by atoms with Crippen LogP contribution < -0.4 is 0 Å². The van der Waals surface area contributed by atoms with Gasteiger partial charge in [0, 0.05) is 11.8 Å². The Kier molecular flexibility index (Phi) is 2.37. The highest BCUT2D eigenvalue weighted by atomic mass is 14.7. The molecule has 0 aliphatic rings. The van der Waals surface area contributed by atoms with Gasteiger partial charge in [-0.05, 0) is 47.5 Å². The molecule has 2 aromatic carbocycles. The van der Waals surface area contributed by atoms with Crippen LogP contribution in [-0.2, 0) is 0 Å². The first-order valence-electron chi connectivity index (χ1n) is 5.75. The molecule has 82 valence electrons. The molecule has 0 amide bonds. The molecule has 17 heavy (non-hydrogen) atoms. The molecule has 3 rings (SSSR count). The number of rotatable bonds is 1. The fourth-order valence-electron chi connectivity index (χ4n) is 2.18. The summed E-state index contributed by atoms with van der Waals surface area (Å²) in [5.41, 5.74) is 3.51. The largest absolute Gasteiger partial charge is 0.256 e. The van der Waals surface area contributed by atoms with Crippen LogP contribution in [0.15, 0.2) is 60.8 Å². The van der Waals surface area contributed by atoms with Crippen molar-refractivity contribution in [3.63, 3.8) is 0 Å². The van der Waals surface area contributed by atoms with Crippen LogP contribution in [0.2, 0.25) is 0 Å². The molecule has 1 heteroatoms. The standard InChI is InChI=1S/C16H13N/c1-12-10-14(16-8-4-5-9-17-16)11-13-6-2-3-7-15(12)13/h2-11H,1H3. The number of aryl methyl sites for hydroxylation is 1. The van der Waals surface area contributed by atoms with Gasteiger partial charge < -0.3 is 0 Å². The van der Waals surface area contributed by atoms with Crippen LogP contribution in [0, 0.1) is 6.92 Å². The molecule has 0 radical (unpaired) electrons. The van der Waals surface area contributed by atoms with E-state index in [4.69, 9.17) is 0 Å². The molecule has 0 bridgehead atoms. The number of hydrogen-bond acceptors (Lipinski definition) is 1. The van der Waals surface area contributed by atoms with Gasteiger partial charge in [0.25, 0.3) is 0 Å². The van der Waals surface area contributed by atoms with Gasteiger partial charge >= 0.3 is 0 Å². The SMILES string of the molecule is Cc1cc(-c2ccccn2)cc2ccccc12. The molecule has 1 heterocycles. The molecule has 1 aromatic heterocycles. The van der Waals surface area contributed by atoms with Gasteiger partial charge in [0.1, 0.15) is 0 Å². The monoisotopic (exact) mass is 219 g/mol. The maximum Gasteiger partial charge on any atom is 0.0702 e. The summed E-state index contributed by atoms with van der Waals surface area (Å²) in [6, 6.07) is 18.9. The van der Waals surface area contributed by atoms with Gasteiger partial charge in [0.05, 0.1) is 5.69 Å². The van der Waals surface area contributed by atoms with E-state index in [1.165, 1.54) is 21.9 Å². The molecule has 0 unspecified atom stereocenters. The number of pyridine rings is 1. The lowest BCUT2D eigenvalue weighted by Crippen LogP contribution is -1.85. The van der Waals surface area contributed by atoms with Gasteiger partial charge in [-0.1, -0.05) is 30.3 Å². The molecule has 0 saturated carbocycles. The number of fused-ring (bicyclic) bond motifs is 1. The maximum atomic E-state index is 4.40. The molecule has 0 spiro atoms. The Morgan fingerprint density at radius 3 is 2.53 bits per heavy atom. The normalized spacial score (nSPS) is 10.6. The second-order valence-corrected chi connectivity index (χ2v) is 4.23. The highest BCUT2D eigenvalue weighted by molar-refractivity contribution is 5.89. The second kappa shape index (κ2) is 4.02. The minimum atomic E-state index is 1.03. The topological polar surface area (TPSA) is 12.9 Å². The van der Waals surface area contributed by atoms with Gasteiger partial charge in [-0.2, -0.15) is 0 Å². The summed E-state index contributed by atoms with van der Waals surface area (Å²) in [7, 11) is 0. The van der Waals surface area contributed by atoms with Crippen LogP contribution in [0.1, 0.15) is 5.56 Å². The van der Waals surface area contributed by atoms with Crippen LogP contribution in [0.5, 0.6) is 0 Å². The number of hydrogen-bond donors (Lipinski definition) is 0. The summed E-state index contributed by atoms with van der Waals surface area (Å²) >= 11 is 0. The van der Waals surface area contributed by atoms with E-state index in [-0.39, 0.29) is 0 Å². The fourth-order valence-corrected chi connectivity index (χ4v) is 2.18. The van der Waals surface area contributed by atoms with Gasteiger partial charge in [-0.3, -0.25) is 4.98 Å². The van der Waals surface area contributed by atoms with Crippen LogP contribution in [-0.4, -0.2) is 4.98 Å². The summed E-state index contributed by atoms with van der Waals surface area (Å²) in [4.78, 5) is 4.40.